The van der Waals surface area contributed by atoms with E-state index in [1.54, 1.807) is 0 Å². The number of carbonyl (C=O) groups is 2. The molecule has 0 aromatic rings. The summed E-state index contributed by atoms with van der Waals surface area (Å²) in [7, 11) is 0. The predicted molar refractivity (Wildman–Crippen MR) is 55.3 cm³/mol. The number of hydrogen-bond donors (Lipinski definition) is 3. The Bertz CT molecular complexity index is 245. The zero-order valence-electron chi connectivity index (χ0n) is 8.79. The Morgan fingerprint density at radius 1 is 1.20 bits per heavy atom. The summed E-state index contributed by atoms with van der Waals surface area (Å²) in [5, 5.41) is 12.0. The van der Waals surface area contributed by atoms with Crippen LogP contribution in [0.5, 0.6) is 0 Å². The van der Waals surface area contributed by atoms with Crippen molar-refractivity contribution in [3.05, 3.63) is 0 Å². The van der Waals surface area contributed by atoms with Crippen molar-refractivity contribution in [3.8, 4) is 0 Å². The van der Waals surface area contributed by atoms with Crippen LogP contribution in [0.1, 0.15) is 38.5 Å². The highest BCUT2D eigenvalue weighted by molar-refractivity contribution is 5.81. The van der Waals surface area contributed by atoms with Crippen molar-refractivity contribution in [2.24, 2.45) is 5.73 Å². The largest absolute Gasteiger partial charge is 0.480 e. The molecule has 0 unspecified atom stereocenters. The SMILES string of the molecule is NC(=O)CNC1(C(=O)O)CCCCCC1. The lowest BCUT2D eigenvalue weighted by Crippen LogP contribution is -2.54. The minimum Gasteiger partial charge on any atom is -0.480 e. The molecule has 0 aromatic heterocycles. The van der Waals surface area contributed by atoms with Crippen molar-refractivity contribution in [1.29, 1.82) is 0 Å². The summed E-state index contributed by atoms with van der Waals surface area (Å²) in [6.45, 7) is -0.0632. The Labute approximate surface area is 89.0 Å². The third-order valence-electron chi connectivity index (χ3n) is 2.97. The van der Waals surface area contributed by atoms with Gasteiger partial charge >= 0.3 is 5.97 Å². The van der Waals surface area contributed by atoms with Gasteiger partial charge in [-0.3, -0.25) is 14.9 Å². The quantitative estimate of drug-likeness (QED) is 0.584. The van der Waals surface area contributed by atoms with Gasteiger partial charge in [-0.25, -0.2) is 0 Å². The van der Waals surface area contributed by atoms with Crippen LogP contribution < -0.4 is 11.1 Å². The summed E-state index contributed by atoms with van der Waals surface area (Å²) in [6, 6.07) is 0. The fraction of sp³-hybridized carbons (Fsp3) is 0.800. The number of carboxylic acids is 1. The fourth-order valence-corrected chi connectivity index (χ4v) is 2.05. The maximum Gasteiger partial charge on any atom is 0.323 e. The van der Waals surface area contributed by atoms with Crippen LogP contribution in [0, 0.1) is 0 Å². The highest BCUT2D eigenvalue weighted by Crippen LogP contribution is 2.27. The Hall–Kier alpha value is -1.10. The van der Waals surface area contributed by atoms with Crippen LogP contribution in [0.25, 0.3) is 0 Å². The third-order valence-corrected chi connectivity index (χ3v) is 2.97. The van der Waals surface area contributed by atoms with E-state index in [4.69, 9.17) is 5.73 Å². The highest BCUT2D eigenvalue weighted by Gasteiger charge is 2.38. The normalized spacial score (nSPS) is 20.5. The Morgan fingerprint density at radius 3 is 2.13 bits per heavy atom. The van der Waals surface area contributed by atoms with E-state index in [1.807, 2.05) is 0 Å². The predicted octanol–water partition coefficient (Wildman–Crippen LogP) is 0.239. The lowest BCUT2D eigenvalue weighted by Gasteiger charge is -2.28. The summed E-state index contributed by atoms with van der Waals surface area (Å²) in [5.74, 6) is -1.38. The van der Waals surface area contributed by atoms with Crippen LogP contribution in [0.2, 0.25) is 0 Å². The van der Waals surface area contributed by atoms with Crippen LogP contribution in [0.4, 0.5) is 0 Å². The topological polar surface area (TPSA) is 92.4 Å². The number of primary amides is 1. The number of aliphatic carboxylic acids is 1. The molecule has 1 amide bonds. The molecule has 1 aliphatic carbocycles. The molecule has 0 spiro atoms. The molecule has 1 saturated carbocycles. The van der Waals surface area contributed by atoms with Gasteiger partial charge < -0.3 is 10.8 Å². The van der Waals surface area contributed by atoms with Crippen molar-refractivity contribution < 1.29 is 14.7 Å². The standard InChI is InChI=1S/C10H18N2O3/c11-8(13)7-12-10(9(14)15)5-3-1-2-4-6-10/h12H,1-7H2,(H2,11,13)(H,14,15). The van der Waals surface area contributed by atoms with Crippen molar-refractivity contribution in [3.63, 3.8) is 0 Å². The van der Waals surface area contributed by atoms with Gasteiger partial charge in [-0.2, -0.15) is 0 Å². The average Bonchev–Trinajstić information content (AvgIpc) is 2.40. The van der Waals surface area contributed by atoms with Gasteiger partial charge in [-0.15, -0.1) is 0 Å². The molecule has 4 N–H and O–H groups in total. The summed E-state index contributed by atoms with van der Waals surface area (Å²) >= 11 is 0. The van der Waals surface area contributed by atoms with Gasteiger partial charge in [0.2, 0.25) is 5.91 Å². The number of hydrogen-bond acceptors (Lipinski definition) is 3. The van der Waals surface area contributed by atoms with E-state index < -0.39 is 17.4 Å². The van der Waals surface area contributed by atoms with Crippen LogP contribution in [0.15, 0.2) is 0 Å². The summed E-state index contributed by atoms with van der Waals surface area (Å²) in [6.07, 6.45) is 5.06. The third kappa shape index (κ3) is 3.20. The van der Waals surface area contributed by atoms with E-state index in [0.717, 1.165) is 25.7 Å². The first-order valence-corrected chi connectivity index (χ1v) is 5.33. The molecule has 1 aliphatic rings. The molecule has 0 atom stereocenters. The van der Waals surface area contributed by atoms with Gasteiger partial charge in [0.05, 0.1) is 6.54 Å². The molecule has 5 heteroatoms. The Kier molecular flexibility index (Phi) is 4.08. The molecule has 86 valence electrons. The Balaban J connectivity index is 2.67. The van der Waals surface area contributed by atoms with E-state index in [0.29, 0.717) is 12.8 Å². The van der Waals surface area contributed by atoms with Crippen LogP contribution in [-0.2, 0) is 9.59 Å². The molecule has 15 heavy (non-hydrogen) atoms. The maximum atomic E-state index is 11.2. The number of carboxylic acid groups (broad SMARTS) is 1. The van der Waals surface area contributed by atoms with E-state index >= 15 is 0 Å². The molecule has 0 heterocycles. The smallest absolute Gasteiger partial charge is 0.323 e. The first-order chi connectivity index (χ1) is 7.07. The second kappa shape index (κ2) is 5.11. The molecule has 0 aromatic carbocycles. The van der Waals surface area contributed by atoms with Gasteiger partial charge in [0.25, 0.3) is 0 Å². The fourth-order valence-electron chi connectivity index (χ4n) is 2.05. The van der Waals surface area contributed by atoms with Crippen LogP contribution in [-0.4, -0.2) is 29.1 Å². The van der Waals surface area contributed by atoms with Gasteiger partial charge in [-0.05, 0) is 12.8 Å². The van der Waals surface area contributed by atoms with Gasteiger partial charge in [0, 0.05) is 0 Å². The van der Waals surface area contributed by atoms with Crippen molar-refractivity contribution in [1.82, 2.24) is 5.32 Å². The number of amides is 1. The summed E-state index contributed by atoms with van der Waals surface area (Å²) in [4.78, 5) is 21.9. The van der Waals surface area contributed by atoms with Gasteiger partial charge in [0.15, 0.2) is 0 Å². The number of rotatable bonds is 4. The molecule has 0 saturated heterocycles. The van der Waals surface area contributed by atoms with E-state index in [2.05, 4.69) is 5.32 Å². The molecule has 0 radical (unpaired) electrons. The van der Waals surface area contributed by atoms with Gasteiger partial charge in [0.1, 0.15) is 5.54 Å². The molecule has 0 aliphatic heterocycles. The summed E-state index contributed by atoms with van der Waals surface area (Å²) in [5.41, 5.74) is 4.07. The molecule has 1 fully saturated rings. The number of nitrogens with one attached hydrogen (secondary N) is 1. The first-order valence-electron chi connectivity index (χ1n) is 5.33. The van der Waals surface area contributed by atoms with Crippen LogP contribution in [0.3, 0.4) is 0 Å². The van der Waals surface area contributed by atoms with Crippen molar-refractivity contribution >= 4 is 11.9 Å². The highest BCUT2D eigenvalue weighted by atomic mass is 16.4. The lowest BCUT2D eigenvalue weighted by molar-refractivity contribution is -0.145. The zero-order chi connectivity index (χ0) is 11.3. The van der Waals surface area contributed by atoms with Crippen molar-refractivity contribution in [2.45, 2.75) is 44.1 Å². The summed E-state index contributed by atoms with van der Waals surface area (Å²) < 4.78 is 0. The average molecular weight is 214 g/mol. The first kappa shape index (κ1) is 12.0. The monoisotopic (exact) mass is 214 g/mol. The second-order valence-corrected chi connectivity index (χ2v) is 4.12. The van der Waals surface area contributed by atoms with Crippen LogP contribution >= 0.6 is 0 Å². The molecular formula is C10H18N2O3. The minimum atomic E-state index is -0.939. The molecular weight excluding hydrogens is 196 g/mol. The zero-order valence-corrected chi connectivity index (χ0v) is 8.79. The number of carbonyl (C=O) groups excluding carboxylic acids is 1. The molecule has 0 bridgehead atoms. The lowest BCUT2D eigenvalue weighted by atomic mass is 9.90. The van der Waals surface area contributed by atoms with E-state index in [9.17, 15) is 14.7 Å². The molecule has 5 nitrogen and oxygen atoms in total. The Morgan fingerprint density at radius 2 is 1.73 bits per heavy atom. The van der Waals surface area contributed by atoms with E-state index in [-0.39, 0.29) is 6.54 Å². The van der Waals surface area contributed by atoms with Gasteiger partial charge in [-0.1, -0.05) is 25.7 Å². The van der Waals surface area contributed by atoms with Crippen molar-refractivity contribution in [2.75, 3.05) is 6.54 Å². The second-order valence-electron chi connectivity index (χ2n) is 4.12. The number of nitrogens with two attached hydrogens (primary N) is 1. The minimum absolute atomic E-state index is 0.0632. The molecule has 1 rings (SSSR count). The maximum absolute atomic E-state index is 11.2. The van der Waals surface area contributed by atoms with E-state index in [1.165, 1.54) is 0 Å².